The van der Waals surface area contributed by atoms with Crippen molar-refractivity contribution in [2.24, 2.45) is 0 Å². The minimum atomic E-state index is 0.585. The molecule has 2 aromatic rings. The van der Waals surface area contributed by atoms with Crippen molar-refractivity contribution in [1.29, 1.82) is 0 Å². The second-order valence-corrected chi connectivity index (χ2v) is 4.34. The van der Waals surface area contributed by atoms with E-state index in [-0.39, 0.29) is 0 Å². The number of hydrogen-bond donors (Lipinski definition) is 3. The first-order chi connectivity index (χ1) is 7.66. The van der Waals surface area contributed by atoms with Crippen LogP contribution in [-0.2, 0) is 6.54 Å². The largest absolute Gasteiger partial charge is 0.384 e. The summed E-state index contributed by atoms with van der Waals surface area (Å²) in [6.07, 6.45) is 3.48. The number of hydrogen-bond acceptors (Lipinski definition) is 4. The molecule has 6 heteroatoms. The fourth-order valence-electron chi connectivity index (χ4n) is 1.28. The van der Waals surface area contributed by atoms with Crippen LogP contribution in [0.4, 0.5) is 11.6 Å². The van der Waals surface area contributed by atoms with Gasteiger partial charge in [-0.2, -0.15) is 5.10 Å². The zero-order chi connectivity index (χ0) is 11.5. The lowest BCUT2D eigenvalue weighted by Crippen LogP contribution is -2.03. The highest BCUT2D eigenvalue weighted by atomic mass is 79.9. The predicted molar refractivity (Wildman–Crippen MR) is 67.0 cm³/mol. The zero-order valence-electron chi connectivity index (χ0n) is 8.79. The van der Waals surface area contributed by atoms with E-state index in [4.69, 9.17) is 5.73 Å². The lowest BCUT2D eigenvalue weighted by Gasteiger charge is -2.06. The molecule has 16 heavy (non-hydrogen) atoms. The monoisotopic (exact) mass is 281 g/mol. The van der Waals surface area contributed by atoms with E-state index in [1.165, 1.54) is 0 Å². The topological polar surface area (TPSA) is 79.6 Å². The number of nitrogens with zero attached hydrogens (tertiary/aromatic N) is 2. The van der Waals surface area contributed by atoms with Gasteiger partial charge in [0.25, 0.3) is 0 Å². The summed E-state index contributed by atoms with van der Waals surface area (Å²) in [5.41, 5.74) is 7.74. The second kappa shape index (κ2) is 4.52. The van der Waals surface area contributed by atoms with Gasteiger partial charge in [0.05, 0.1) is 6.20 Å². The van der Waals surface area contributed by atoms with Crippen LogP contribution in [0.2, 0.25) is 0 Å². The Morgan fingerprint density at radius 2 is 2.31 bits per heavy atom. The number of aromatic amines is 1. The molecule has 0 amide bonds. The van der Waals surface area contributed by atoms with Gasteiger partial charge in [-0.1, -0.05) is 0 Å². The summed E-state index contributed by atoms with van der Waals surface area (Å²) in [6, 6.07) is 1.97. The average Bonchev–Trinajstić information content (AvgIpc) is 2.66. The van der Waals surface area contributed by atoms with Crippen LogP contribution >= 0.6 is 15.9 Å². The van der Waals surface area contributed by atoms with E-state index in [0.717, 1.165) is 21.4 Å². The van der Waals surface area contributed by atoms with E-state index in [1.807, 2.05) is 13.0 Å². The molecule has 0 saturated carbocycles. The van der Waals surface area contributed by atoms with Crippen molar-refractivity contribution >= 4 is 27.6 Å². The van der Waals surface area contributed by atoms with E-state index < -0.39 is 0 Å². The number of anilines is 2. The van der Waals surface area contributed by atoms with Gasteiger partial charge in [-0.3, -0.25) is 5.10 Å². The number of pyridine rings is 1. The van der Waals surface area contributed by atoms with E-state index in [0.29, 0.717) is 12.4 Å². The maximum atomic E-state index is 5.67. The van der Waals surface area contributed by atoms with Gasteiger partial charge in [0, 0.05) is 22.8 Å². The molecule has 84 valence electrons. The second-order valence-electron chi connectivity index (χ2n) is 3.48. The normalized spacial score (nSPS) is 10.4. The standard InChI is InChI=1S/C10H12BrN5/c1-6-2-9(14-5-8(6)11)13-3-7-4-15-16-10(7)12/h2,4-5H,3H2,1H3,(H,13,14)(H3,12,15,16). The predicted octanol–water partition coefficient (Wildman–Crippen LogP) is 2.07. The number of aryl methyl sites for hydroxylation is 1. The molecule has 0 unspecified atom stereocenters. The van der Waals surface area contributed by atoms with Crippen molar-refractivity contribution in [3.63, 3.8) is 0 Å². The van der Waals surface area contributed by atoms with Crippen molar-refractivity contribution in [3.8, 4) is 0 Å². The van der Waals surface area contributed by atoms with Gasteiger partial charge in [-0.15, -0.1) is 0 Å². The van der Waals surface area contributed by atoms with Gasteiger partial charge in [-0.25, -0.2) is 4.98 Å². The Labute approximate surface area is 102 Å². The van der Waals surface area contributed by atoms with Crippen LogP contribution in [0.5, 0.6) is 0 Å². The van der Waals surface area contributed by atoms with Gasteiger partial charge in [0.15, 0.2) is 0 Å². The van der Waals surface area contributed by atoms with Crippen molar-refractivity contribution in [3.05, 3.63) is 34.1 Å². The molecule has 0 spiro atoms. The molecule has 2 aromatic heterocycles. The number of nitrogens with one attached hydrogen (secondary N) is 2. The van der Waals surface area contributed by atoms with Crippen molar-refractivity contribution in [1.82, 2.24) is 15.2 Å². The molecule has 0 aliphatic heterocycles. The van der Waals surface area contributed by atoms with Crippen LogP contribution < -0.4 is 11.1 Å². The Hall–Kier alpha value is -1.56. The number of rotatable bonds is 3. The SMILES string of the molecule is Cc1cc(NCc2cn[nH]c2N)ncc1Br. The smallest absolute Gasteiger partial charge is 0.126 e. The van der Waals surface area contributed by atoms with Crippen molar-refractivity contribution < 1.29 is 0 Å². The maximum absolute atomic E-state index is 5.67. The Kier molecular flexibility index (Phi) is 3.09. The molecule has 0 bridgehead atoms. The molecule has 5 nitrogen and oxygen atoms in total. The molecule has 2 heterocycles. The molecule has 2 rings (SSSR count). The molecule has 0 aliphatic carbocycles. The van der Waals surface area contributed by atoms with E-state index in [1.54, 1.807) is 12.4 Å². The van der Waals surface area contributed by atoms with Crippen LogP contribution in [0.15, 0.2) is 22.9 Å². The maximum Gasteiger partial charge on any atom is 0.126 e. The summed E-state index contributed by atoms with van der Waals surface area (Å²) in [7, 11) is 0. The summed E-state index contributed by atoms with van der Waals surface area (Å²) in [4.78, 5) is 4.24. The Morgan fingerprint density at radius 3 is 2.94 bits per heavy atom. The number of nitrogens with two attached hydrogens (primary N) is 1. The fraction of sp³-hybridized carbons (Fsp3) is 0.200. The van der Waals surface area contributed by atoms with E-state index in [2.05, 4.69) is 36.4 Å². The zero-order valence-corrected chi connectivity index (χ0v) is 10.4. The summed E-state index contributed by atoms with van der Waals surface area (Å²) in [6.45, 7) is 2.62. The Bertz CT molecular complexity index is 494. The molecule has 4 N–H and O–H groups in total. The molecule has 0 aliphatic rings. The van der Waals surface area contributed by atoms with E-state index in [9.17, 15) is 0 Å². The van der Waals surface area contributed by atoms with Gasteiger partial charge in [0.2, 0.25) is 0 Å². The van der Waals surface area contributed by atoms with Crippen LogP contribution in [0.1, 0.15) is 11.1 Å². The molecule has 0 fully saturated rings. The molecule has 0 saturated heterocycles. The van der Waals surface area contributed by atoms with Crippen LogP contribution in [0, 0.1) is 6.92 Å². The van der Waals surface area contributed by atoms with Gasteiger partial charge >= 0.3 is 0 Å². The highest BCUT2D eigenvalue weighted by Gasteiger charge is 2.02. The van der Waals surface area contributed by atoms with Gasteiger partial charge < -0.3 is 11.1 Å². The minimum absolute atomic E-state index is 0.585. The molecule has 0 radical (unpaired) electrons. The Balaban J connectivity index is 2.05. The summed E-state index contributed by atoms with van der Waals surface area (Å²) < 4.78 is 1.00. The fourth-order valence-corrected chi connectivity index (χ4v) is 1.50. The van der Waals surface area contributed by atoms with Crippen molar-refractivity contribution in [2.75, 3.05) is 11.1 Å². The third-order valence-corrected chi connectivity index (χ3v) is 3.09. The lowest BCUT2D eigenvalue weighted by molar-refractivity contribution is 1.10. The summed E-state index contributed by atoms with van der Waals surface area (Å²) in [5.74, 6) is 1.41. The number of H-pyrrole nitrogens is 1. The molecule has 0 aromatic carbocycles. The molecule has 0 atom stereocenters. The Morgan fingerprint density at radius 1 is 1.50 bits per heavy atom. The van der Waals surface area contributed by atoms with Crippen molar-refractivity contribution in [2.45, 2.75) is 13.5 Å². The summed E-state index contributed by atoms with van der Waals surface area (Å²) >= 11 is 3.41. The minimum Gasteiger partial charge on any atom is -0.384 e. The van der Waals surface area contributed by atoms with Crippen LogP contribution in [0.3, 0.4) is 0 Å². The first-order valence-corrected chi connectivity index (χ1v) is 5.60. The van der Waals surface area contributed by atoms with E-state index >= 15 is 0 Å². The third kappa shape index (κ3) is 2.33. The number of halogens is 1. The highest BCUT2D eigenvalue weighted by molar-refractivity contribution is 9.10. The average molecular weight is 282 g/mol. The number of aromatic nitrogens is 3. The summed E-state index contributed by atoms with van der Waals surface area (Å²) in [5, 5.41) is 9.72. The highest BCUT2D eigenvalue weighted by Crippen LogP contribution is 2.18. The quantitative estimate of drug-likeness (QED) is 0.805. The van der Waals surface area contributed by atoms with Crippen LogP contribution in [0.25, 0.3) is 0 Å². The first kappa shape index (κ1) is 10.9. The van der Waals surface area contributed by atoms with Gasteiger partial charge in [0.1, 0.15) is 11.6 Å². The van der Waals surface area contributed by atoms with Gasteiger partial charge in [-0.05, 0) is 34.5 Å². The first-order valence-electron chi connectivity index (χ1n) is 4.80. The third-order valence-electron chi connectivity index (χ3n) is 2.26. The molecular formula is C10H12BrN5. The lowest BCUT2D eigenvalue weighted by atomic mass is 10.3. The molecular weight excluding hydrogens is 270 g/mol. The van der Waals surface area contributed by atoms with Crippen LogP contribution in [-0.4, -0.2) is 15.2 Å². The number of nitrogen functional groups attached to an aromatic ring is 1.